The number of carbonyl (C=O) groups excluding carboxylic acids is 1. The van der Waals surface area contributed by atoms with Crippen molar-refractivity contribution < 1.29 is 14.6 Å². The lowest BCUT2D eigenvalue weighted by Crippen LogP contribution is -2.45. The molecule has 29 heavy (non-hydrogen) atoms. The minimum Gasteiger partial charge on any atom is -0.490 e. The number of rotatable bonds is 7. The van der Waals surface area contributed by atoms with E-state index in [1.165, 1.54) is 4.90 Å². The number of amides is 2. The molecular formula is C22H24ClN3O3. The number of fused-ring (bicyclic) bond motifs is 1. The van der Waals surface area contributed by atoms with Crippen molar-refractivity contribution >= 4 is 34.1 Å². The summed E-state index contributed by atoms with van der Waals surface area (Å²) in [4.78, 5) is 18.1. The maximum absolute atomic E-state index is 12.7. The summed E-state index contributed by atoms with van der Waals surface area (Å²) in [7, 11) is 0. The van der Waals surface area contributed by atoms with Crippen LogP contribution in [0.25, 0.3) is 10.8 Å². The van der Waals surface area contributed by atoms with Gasteiger partial charge < -0.3 is 20.1 Å². The van der Waals surface area contributed by atoms with Crippen LogP contribution in [0.4, 0.5) is 10.5 Å². The topological polar surface area (TPSA) is 74.7 Å². The summed E-state index contributed by atoms with van der Waals surface area (Å²) < 4.78 is 5.84. The zero-order valence-electron chi connectivity index (χ0n) is 16.4. The van der Waals surface area contributed by atoms with Crippen molar-refractivity contribution in [3.8, 4) is 5.75 Å². The van der Waals surface area contributed by atoms with Crippen molar-refractivity contribution in [1.29, 1.82) is 0 Å². The second-order valence-corrected chi connectivity index (χ2v) is 7.32. The van der Waals surface area contributed by atoms with Crippen LogP contribution in [0.3, 0.4) is 0 Å². The fourth-order valence-corrected chi connectivity index (χ4v) is 3.15. The zero-order chi connectivity index (χ0) is 20.8. The number of nitrogens with one attached hydrogen (secondary N) is 1. The maximum atomic E-state index is 12.7. The highest BCUT2D eigenvalue weighted by Gasteiger charge is 2.22. The summed E-state index contributed by atoms with van der Waals surface area (Å²) in [6.07, 6.45) is 0.693. The number of aliphatic hydroxyl groups is 1. The molecule has 2 amide bonds. The van der Waals surface area contributed by atoms with E-state index in [0.29, 0.717) is 11.4 Å². The van der Waals surface area contributed by atoms with Crippen LogP contribution in [-0.2, 0) is 0 Å². The summed E-state index contributed by atoms with van der Waals surface area (Å²) in [5.74, 6) is 0.699. The first kappa shape index (κ1) is 20.9. The number of halogens is 1. The van der Waals surface area contributed by atoms with Gasteiger partial charge in [-0.15, -0.1) is 0 Å². The molecule has 1 unspecified atom stereocenters. The predicted molar refractivity (Wildman–Crippen MR) is 116 cm³/mol. The van der Waals surface area contributed by atoms with Gasteiger partial charge in [0.1, 0.15) is 18.5 Å². The SMILES string of the molecule is CC(C)N(CC(O)COc1cccc2ccccc12)C(=O)Nc1cccnc1Cl. The Kier molecular flexibility index (Phi) is 6.90. The Balaban J connectivity index is 1.62. The minimum atomic E-state index is -0.855. The molecule has 1 atom stereocenters. The van der Waals surface area contributed by atoms with E-state index in [-0.39, 0.29) is 30.4 Å². The molecule has 0 aliphatic rings. The van der Waals surface area contributed by atoms with Crippen LogP contribution in [0.5, 0.6) is 5.75 Å². The lowest BCUT2D eigenvalue weighted by molar-refractivity contribution is 0.0722. The molecule has 0 radical (unpaired) electrons. The third kappa shape index (κ3) is 5.37. The van der Waals surface area contributed by atoms with Crippen molar-refractivity contribution in [3.05, 3.63) is 65.9 Å². The van der Waals surface area contributed by atoms with Crippen LogP contribution < -0.4 is 10.1 Å². The Hall–Kier alpha value is -2.83. The molecule has 0 bridgehead atoms. The monoisotopic (exact) mass is 413 g/mol. The molecule has 3 rings (SSSR count). The smallest absolute Gasteiger partial charge is 0.322 e. The summed E-state index contributed by atoms with van der Waals surface area (Å²) in [5.41, 5.74) is 0.423. The van der Waals surface area contributed by atoms with Gasteiger partial charge in [0.2, 0.25) is 0 Å². The minimum absolute atomic E-state index is 0.0676. The van der Waals surface area contributed by atoms with Gasteiger partial charge in [0.15, 0.2) is 5.15 Å². The summed E-state index contributed by atoms with van der Waals surface area (Å²) in [6.45, 7) is 3.94. The first-order valence-electron chi connectivity index (χ1n) is 9.42. The number of urea groups is 1. The third-order valence-corrected chi connectivity index (χ3v) is 4.77. The highest BCUT2D eigenvalue weighted by atomic mass is 35.5. The van der Waals surface area contributed by atoms with Crippen LogP contribution >= 0.6 is 11.6 Å². The van der Waals surface area contributed by atoms with Gasteiger partial charge in [0.05, 0.1) is 12.2 Å². The van der Waals surface area contributed by atoms with E-state index < -0.39 is 6.10 Å². The number of ether oxygens (including phenoxy) is 1. The van der Waals surface area contributed by atoms with Gasteiger partial charge in [-0.2, -0.15) is 0 Å². The molecule has 152 valence electrons. The maximum Gasteiger partial charge on any atom is 0.322 e. The second kappa shape index (κ2) is 9.58. The molecular weight excluding hydrogens is 390 g/mol. The first-order valence-corrected chi connectivity index (χ1v) is 9.80. The van der Waals surface area contributed by atoms with Gasteiger partial charge in [-0.1, -0.05) is 48.0 Å². The van der Waals surface area contributed by atoms with Crippen molar-refractivity contribution in [2.24, 2.45) is 0 Å². The summed E-state index contributed by atoms with van der Waals surface area (Å²) in [6, 6.07) is 16.6. The summed E-state index contributed by atoms with van der Waals surface area (Å²) in [5, 5.41) is 15.5. The van der Waals surface area contributed by atoms with Crippen molar-refractivity contribution in [3.63, 3.8) is 0 Å². The lowest BCUT2D eigenvalue weighted by atomic mass is 10.1. The normalized spacial score (nSPS) is 12.0. The molecule has 0 saturated carbocycles. The first-order chi connectivity index (χ1) is 14.0. The number of aliphatic hydroxyl groups excluding tert-OH is 1. The molecule has 1 aromatic heterocycles. The van der Waals surface area contributed by atoms with Crippen molar-refractivity contribution in [2.45, 2.75) is 26.0 Å². The van der Waals surface area contributed by atoms with Crippen LogP contribution in [-0.4, -0.2) is 46.3 Å². The van der Waals surface area contributed by atoms with Gasteiger partial charge in [0, 0.05) is 17.6 Å². The van der Waals surface area contributed by atoms with E-state index in [4.69, 9.17) is 16.3 Å². The highest BCUT2D eigenvalue weighted by Crippen LogP contribution is 2.25. The van der Waals surface area contributed by atoms with Crippen molar-refractivity contribution in [1.82, 2.24) is 9.88 Å². The molecule has 0 fully saturated rings. The molecule has 6 nitrogen and oxygen atoms in total. The van der Waals surface area contributed by atoms with E-state index in [1.807, 2.05) is 56.3 Å². The Bertz CT molecular complexity index is 975. The number of benzene rings is 2. The number of nitrogens with zero attached hydrogens (tertiary/aromatic N) is 2. The number of hydrogen-bond acceptors (Lipinski definition) is 4. The number of aromatic nitrogens is 1. The van der Waals surface area contributed by atoms with E-state index in [0.717, 1.165) is 10.8 Å². The van der Waals surface area contributed by atoms with E-state index >= 15 is 0 Å². The molecule has 1 heterocycles. The van der Waals surface area contributed by atoms with Gasteiger partial charge in [-0.25, -0.2) is 9.78 Å². The lowest BCUT2D eigenvalue weighted by Gasteiger charge is -2.29. The average Bonchev–Trinajstić information content (AvgIpc) is 2.71. The van der Waals surface area contributed by atoms with E-state index in [9.17, 15) is 9.90 Å². The number of pyridine rings is 1. The molecule has 2 aromatic carbocycles. The number of anilines is 1. The van der Waals surface area contributed by atoms with Crippen molar-refractivity contribution in [2.75, 3.05) is 18.5 Å². The number of carbonyl (C=O) groups is 1. The van der Waals surface area contributed by atoms with Crippen LogP contribution in [0, 0.1) is 0 Å². The fourth-order valence-electron chi connectivity index (χ4n) is 2.98. The molecule has 0 spiro atoms. The quantitative estimate of drug-likeness (QED) is 0.556. The Labute approximate surface area is 175 Å². The van der Waals surface area contributed by atoms with Gasteiger partial charge in [-0.3, -0.25) is 0 Å². The molecule has 7 heteroatoms. The largest absolute Gasteiger partial charge is 0.490 e. The fraction of sp³-hybridized carbons (Fsp3) is 0.273. The number of hydrogen-bond donors (Lipinski definition) is 2. The average molecular weight is 414 g/mol. The molecule has 3 aromatic rings. The molecule has 0 aliphatic heterocycles. The standard InChI is InChI=1S/C22H24ClN3O3/c1-15(2)26(22(28)25-19-10-6-12-24-21(19)23)13-17(27)14-29-20-11-5-8-16-7-3-4-9-18(16)20/h3-12,15,17,27H,13-14H2,1-2H3,(H,25,28). The highest BCUT2D eigenvalue weighted by molar-refractivity contribution is 6.32. The Morgan fingerprint density at radius 3 is 2.69 bits per heavy atom. The third-order valence-electron chi connectivity index (χ3n) is 4.47. The van der Waals surface area contributed by atoms with E-state index in [1.54, 1.807) is 18.3 Å². The van der Waals surface area contributed by atoms with Crippen LogP contribution in [0.15, 0.2) is 60.8 Å². The van der Waals surface area contributed by atoms with E-state index in [2.05, 4.69) is 10.3 Å². The van der Waals surface area contributed by atoms with Crippen LogP contribution in [0.1, 0.15) is 13.8 Å². The van der Waals surface area contributed by atoms with Gasteiger partial charge in [-0.05, 0) is 37.4 Å². The molecule has 2 N–H and O–H groups in total. The Morgan fingerprint density at radius 2 is 1.93 bits per heavy atom. The van der Waals surface area contributed by atoms with Crippen LogP contribution in [0.2, 0.25) is 5.15 Å². The second-order valence-electron chi connectivity index (χ2n) is 6.96. The molecule has 0 saturated heterocycles. The predicted octanol–water partition coefficient (Wildman–Crippen LogP) is 4.57. The zero-order valence-corrected chi connectivity index (χ0v) is 17.1. The Morgan fingerprint density at radius 1 is 1.17 bits per heavy atom. The van der Waals surface area contributed by atoms with Gasteiger partial charge in [0.25, 0.3) is 0 Å². The molecule has 0 aliphatic carbocycles. The van der Waals surface area contributed by atoms with Gasteiger partial charge >= 0.3 is 6.03 Å². The summed E-state index contributed by atoms with van der Waals surface area (Å²) >= 11 is 6.01.